The van der Waals surface area contributed by atoms with Crippen molar-refractivity contribution in [3.8, 4) is 0 Å². The Kier molecular flexibility index (Phi) is 3.22. The summed E-state index contributed by atoms with van der Waals surface area (Å²) in [6.07, 6.45) is 7.60. The average molecular weight is 288 g/mol. The van der Waals surface area contributed by atoms with Crippen LogP contribution in [-0.2, 0) is 22.9 Å². The Labute approximate surface area is 125 Å². The SMILES string of the molecule is Cn1cc(Cn2cc(B3OC(C)(C)C(C)(C)O3)cn2)cn1. The zero-order valence-corrected chi connectivity index (χ0v) is 13.2. The van der Waals surface area contributed by atoms with Gasteiger partial charge < -0.3 is 9.31 Å². The fraction of sp³-hybridized carbons (Fsp3) is 0.571. The molecule has 0 unspecified atom stereocenters. The van der Waals surface area contributed by atoms with E-state index in [1.807, 2.05) is 58.0 Å². The van der Waals surface area contributed by atoms with E-state index in [2.05, 4.69) is 10.2 Å². The second-order valence-corrected chi connectivity index (χ2v) is 6.58. The van der Waals surface area contributed by atoms with E-state index in [9.17, 15) is 0 Å². The van der Waals surface area contributed by atoms with Crippen LogP contribution in [0.1, 0.15) is 33.3 Å². The molecule has 3 rings (SSSR count). The average Bonchev–Trinajstić information content (AvgIpc) is 3.01. The molecule has 0 spiro atoms. The molecule has 2 aromatic rings. The van der Waals surface area contributed by atoms with Gasteiger partial charge in [0.15, 0.2) is 0 Å². The lowest BCUT2D eigenvalue weighted by molar-refractivity contribution is 0.00578. The van der Waals surface area contributed by atoms with Crippen LogP contribution in [0.3, 0.4) is 0 Å². The summed E-state index contributed by atoms with van der Waals surface area (Å²) in [7, 11) is 1.54. The van der Waals surface area contributed by atoms with Gasteiger partial charge in [0.25, 0.3) is 0 Å². The summed E-state index contributed by atoms with van der Waals surface area (Å²) in [6.45, 7) is 8.88. The molecule has 3 heterocycles. The van der Waals surface area contributed by atoms with Gasteiger partial charge in [-0.25, -0.2) is 0 Å². The summed E-state index contributed by atoms with van der Waals surface area (Å²) in [5, 5.41) is 8.54. The van der Waals surface area contributed by atoms with Crippen molar-refractivity contribution in [2.45, 2.75) is 45.4 Å². The molecule has 7 heteroatoms. The highest BCUT2D eigenvalue weighted by Crippen LogP contribution is 2.36. The predicted molar refractivity (Wildman–Crippen MR) is 80.3 cm³/mol. The van der Waals surface area contributed by atoms with Crippen LogP contribution < -0.4 is 5.46 Å². The van der Waals surface area contributed by atoms with Crippen LogP contribution in [0.15, 0.2) is 24.8 Å². The number of rotatable bonds is 3. The summed E-state index contributed by atoms with van der Waals surface area (Å²) >= 11 is 0. The smallest absolute Gasteiger partial charge is 0.399 e. The highest BCUT2D eigenvalue weighted by molar-refractivity contribution is 6.61. The summed E-state index contributed by atoms with van der Waals surface area (Å²) < 4.78 is 15.7. The van der Waals surface area contributed by atoms with Crippen molar-refractivity contribution < 1.29 is 9.31 Å². The van der Waals surface area contributed by atoms with Gasteiger partial charge in [0.2, 0.25) is 0 Å². The molecule has 6 nitrogen and oxygen atoms in total. The third kappa shape index (κ3) is 2.63. The second-order valence-electron chi connectivity index (χ2n) is 6.58. The maximum absolute atomic E-state index is 6.03. The Morgan fingerprint density at radius 1 is 1.05 bits per heavy atom. The molecular weight excluding hydrogens is 267 g/mol. The first-order valence-corrected chi connectivity index (χ1v) is 7.12. The van der Waals surface area contributed by atoms with Gasteiger partial charge in [-0.15, -0.1) is 0 Å². The molecule has 21 heavy (non-hydrogen) atoms. The first-order chi connectivity index (χ1) is 9.77. The van der Waals surface area contributed by atoms with Crippen molar-refractivity contribution in [2.75, 3.05) is 0 Å². The van der Waals surface area contributed by atoms with Crippen LogP contribution in [0.25, 0.3) is 0 Å². The highest BCUT2D eigenvalue weighted by atomic mass is 16.7. The third-order valence-electron chi connectivity index (χ3n) is 4.28. The predicted octanol–water partition coefficient (Wildman–Crippen LogP) is 0.964. The van der Waals surface area contributed by atoms with E-state index in [4.69, 9.17) is 9.31 Å². The van der Waals surface area contributed by atoms with E-state index in [1.54, 1.807) is 10.9 Å². The van der Waals surface area contributed by atoms with Crippen LogP contribution in [-0.4, -0.2) is 37.9 Å². The van der Waals surface area contributed by atoms with Crippen molar-refractivity contribution in [1.82, 2.24) is 19.6 Å². The van der Waals surface area contributed by atoms with Gasteiger partial charge in [0.1, 0.15) is 0 Å². The lowest BCUT2D eigenvalue weighted by Gasteiger charge is -2.32. The zero-order valence-electron chi connectivity index (χ0n) is 13.2. The largest absolute Gasteiger partial charge is 0.498 e. The number of hydrogen-bond donors (Lipinski definition) is 0. The first kappa shape index (κ1) is 14.3. The minimum Gasteiger partial charge on any atom is -0.399 e. The maximum atomic E-state index is 6.03. The van der Waals surface area contributed by atoms with Crippen molar-refractivity contribution in [3.05, 3.63) is 30.4 Å². The second kappa shape index (κ2) is 4.71. The van der Waals surface area contributed by atoms with Crippen molar-refractivity contribution >= 4 is 12.6 Å². The Morgan fingerprint density at radius 3 is 2.29 bits per heavy atom. The minimum absolute atomic E-state index is 0.330. The van der Waals surface area contributed by atoms with E-state index >= 15 is 0 Å². The van der Waals surface area contributed by atoms with E-state index in [1.165, 1.54) is 0 Å². The van der Waals surface area contributed by atoms with Crippen molar-refractivity contribution in [1.29, 1.82) is 0 Å². The minimum atomic E-state index is -0.363. The van der Waals surface area contributed by atoms with Crippen molar-refractivity contribution in [2.24, 2.45) is 7.05 Å². The molecule has 1 saturated heterocycles. The van der Waals surface area contributed by atoms with Gasteiger partial charge >= 0.3 is 7.12 Å². The van der Waals surface area contributed by atoms with E-state index < -0.39 is 0 Å². The fourth-order valence-corrected chi connectivity index (χ4v) is 2.31. The summed E-state index contributed by atoms with van der Waals surface area (Å²) in [6, 6.07) is 0. The molecule has 2 aromatic heterocycles. The molecule has 0 aromatic carbocycles. The van der Waals surface area contributed by atoms with Crippen LogP contribution in [0.2, 0.25) is 0 Å². The van der Waals surface area contributed by atoms with Crippen LogP contribution in [0.4, 0.5) is 0 Å². The molecule has 0 radical (unpaired) electrons. The normalized spacial score (nSPS) is 20.1. The topological polar surface area (TPSA) is 54.1 Å². The molecule has 0 aliphatic carbocycles. The van der Waals surface area contributed by atoms with E-state index in [0.29, 0.717) is 6.54 Å². The van der Waals surface area contributed by atoms with Gasteiger partial charge in [-0.3, -0.25) is 9.36 Å². The van der Waals surface area contributed by atoms with Crippen LogP contribution in [0, 0.1) is 0 Å². The molecule has 0 amide bonds. The van der Waals surface area contributed by atoms with Gasteiger partial charge in [-0.1, -0.05) is 0 Å². The highest BCUT2D eigenvalue weighted by Gasteiger charge is 2.52. The lowest BCUT2D eigenvalue weighted by Crippen LogP contribution is -2.41. The van der Waals surface area contributed by atoms with E-state index in [0.717, 1.165) is 11.0 Å². The number of aryl methyl sites for hydroxylation is 1. The number of nitrogens with zero attached hydrogens (tertiary/aromatic N) is 4. The summed E-state index contributed by atoms with van der Waals surface area (Å²) in [5.41, 5.74) is 1.39. The van der Waals surface area contributed by atoms with Crippen LogP contribution in [0.5, 0.6) is 0 Å². The Balaban J connectivity index is 1.74. The van der Waals surface area contributed by atoms with Gasteiger partial charge in [-0.05, 0) is 27.7 Å². The van der Waals surface area contributed by atoms with Crippen molar-refractivity contribution in [3.63, 3.8) is 0 Å². The van der Waals surface area contributed by atoms with Gasteiger partial charge in [0, 0.05) is 36.7 Å². The molecule has 1 aliphatic rings. The number of hydrogen-bond acceptors (Lipinski definition) is 4. The Morgan fingerprint density at radius 2 is 1.71 bits per heavy atom. The van der Waals surface area contributed by atoms with E-state index in [-0.39, 0.29) is 18.3 Å². The standard InChI is InChI=1S/C14H21BN4O2/c1-13(2)14(3,4)21-15(20-13)12-7-17-19(10-12)9-11-6-16-18(5)8-11/h6-8,10H,9H2,1-5H3. The summed E-state index contributed by atoms with van der Waals surface area (Å²) in [4.78, 5) is 0. The zero-order chi connectivity index (χ0) is 15.3. The quantitative estimate of drug-likeness (QED) is 0.790. The molecule has 0 N–H and O–H groups in total. The molecule has 1 fully saturated rings. The fourth-order valence-electron chi connectivity index (χ4n) is 2.31. The monoisotopic (exact) mass is 288 g/mol. The molecule has 0 atom stereocenters. The van der Waals surface area contributed by atoms with Gasteiger partial charge in [-0.2, -0.15) is 10.2 Å². The lowest BCUT2D eigenvalue weighted by atomic mass is 9.82. The maximum Gasteiger partial charge on any atom is 0.498 e. The molecule has 1 aliphatic heterocycles. The first-order valence-electron chi connectivity index (χ1n) is 7.12. The number of aromatic nitrogens is 4. The molecule has 0 bridgehead atoms. The third-order valence-corrected chi connectivity index (χ3v) is 4.28. The van der Waals surface area contributed by atoms with Crippen LogP contribution >= 0.6 is 0 Å². The molecular formula is C14H21BN4O2. The molecule has 0 saturated carbocycles. The Bertz CT molecular complexity index is 631. The molecule has 112 valence electrons. The Hall–Kier alpha value is -1.60. The summed E-state index contributed by atoms with van der Waals surface area (Å²) in [5.74, 6) is 0. The van der Waals surface area contributed by atoms with Gasteiger partial charge in [0.05, 0.1) is 23.9 Å².